The maximum atomic E-state index is 12.7. The van der Waals surface area contributed by atoms with E-state index in [1.165, 1.54) is 22.5 Å². The van der Waals surface area contributed by atoms with Gasteiger partial charge in [-0.1, -0.05) is 30.3 Å². The second-order valence-corrected chi connectivity index (χ2v) is 7.51. The fourth-order valence-corrected chi connectivity index (χ4v) is 4.48. The molecule has 1 atom stereocenters. The van der Waals surface area contributed by atoms with Gasteiger partial charge in [-0.15, -0.1) is 11.3 Å². The molecule has 0 spiro atoms. The van der Waals surface area contributed by atoms with Crippen LogP contribution < -0.4 is 10.8 Å². The topological polar surface area (TPSA) is 78.4 Å². The summed E-state index contributed by atoms with van der Waals surface area (Å²) in [4.78, 5) is 24.7. The van der Waals surface area contributed by atoms with E-state index in [0.717, 1.165) is 29.3 Å². The highest BCUT2D eigenvalue weighted by molar-refractivity contribution is 7.20. The minimum Gasteiger partial charge on any atom is -0.345 e. The van der Waals surface area contributed by atoms with E-state index in [4.69, 9.17) is 5.21 Å². The molecule has 0 aliphatic heterocycles. The zero-order chi connectivity index (χ0) is 18.1. The molecule has 1 heterocycles. The van der Waals surface area contributed by atoms with E-state index in [1.54, 1.807) is 23.7 Å². The third kappa shape index (κ3) is 3.09. The average molecular weight is 366 g/mol. The number of thiophene rings is 1. The number of rotatable bonds is 3. The van der Waals surface area contributed by atoms with Crippen LogP contribution in [0.1, 0.15) is 50.0 Å². The third-order valence-electron chi connectivity index (χ3n) is 4.78. The van der Waals surface area contributed by atoms with Crippen LogP contribution in [0.2, 0.25) is 0 Å². The lowest BCUT2D eigenvalue weighted by atomic mass is 9.87. The molecule has 0 fully saturated rings. The molecule has 3 aromatic rings. The molecular weight excluding hydrogens is 348 g/mol. The standard InChI is InChI=1S/C20H18N2O3S/c23-19(21-16-7-3-5-12-4-1-2-6-15(12)16)14-9-8-13-10-18(20(24)22-25)26-17(13)11-14/h1-2,4,6,8-11,16,25H,3,5,7H2,(H,21,23)(H,22,24). The first-order chi connectivity index (χ1) is 12.7. The van der Waals surface area contributed by atoms with Crippen molar-refractivity contribution in [2.45, 2.75) is 25.3 Å². The Bertz CT molecular complexity index is 996. The molecule has 1 aliphatic rings. The number of carbonyl (C=O) groups is 2. The van der Waals surface area contributed by atoms with Gasteiger partial charge in [-0.3, -0.25) is 14.8 Å². The molecular formula is C20H18N2O3S. The number of benzene rings is 2. The second-order valence-electron chi connectivity index (χ2n) is 6.42. The minimum atomic E-state index is -0.545. The summed E-state index contributed by atoms with van der Waals surface area (Å²) in [6, 6.07) is 15.4. The van der Waals surface area contributed by atoms with Gasteiger partial charge < -0.3 is 5.32 Å². The van der Waals surface area contributed by atoms with Gasteiger partial charge in [0.2, 0.25) is 0 Å². The van der Waals surface area contributed by atoms with Crippen molar-refractivity contribution in [1.29, 1.82) is 0 Å². The average Bonchev–Trinajstić information content (AvgIpc) is 3.11. The van der Waals surface area contributed by atoms with Crippen molar-refractivity contribution in [2.75, 3.05) is 0 Å². The molecule has 2 aromatic carbocycles. The van der Waals surface area contributed by atoms with Gasteiger partial charge in [0.25, 0.3) is 11.8 Å². The van der Waals surface area contributed by atoms with Gasteiger partial charge in [-0.25, -0.2) is 5.48 Å². The third-order valence-corrected chi connectivity index (χ3v) is 5.88. The number of hydrogen-bond donors (Lipinski definition) is 3. The van der Waals surface area contributed by atoms with E-state index in [9.17, 15) is 9.59 Å². The molecule has 6 heteroatoms. The van der Waals surface area contributed by atoms with Crippen LogP contribution in [0.3, 0.4) is 0 Å². The molecule has 1 aliphatic carbocycles. The zero-order valence-corrected chi connectivity index (χ0v) is 14.8. The Labute approximate surface area is 154 Å². The predicted molar refractivity (Wildman–Crippen MR) is 101 cm³/mol. The van der Waals surface area contributed by atoms with Gasteiger partial charge in [0.1, 0.15) is 0 Å². The van der Waals surface area contributed by atoms with Crippen molar-refractivity contribution in [1.82, 2.24) is 10.8 Å². The van der Waals surface area contributed by atoms with Crippen molar-refractivity contribution in [3.8, 4) is 0 Å². The van der Waals surface area contributed by atoms with Gasteiger partial charge in [0.05, 0.1) is 10.9 Å². The Hall–Kier alpha value is -2.70. The molecule has 0 bridgehead atoms. The summed E-state index contributed by atoms with van der Waals surface area (Å²) in [6.07, 6.45) is 3.05. The number of fused-ring (bicyclic) bond motifs is 2. The number of aryl methyl sites for hydroxylation is 1. The van der Waals surface area contributed by atoms with E-state index in [2.05, 4.69) is 17.4 Å². The molecule has 0 saturated heterocycles. The number of nitrogens with one attached hydrogen (secondary N) is 2. The van der Waals surface area contributed by atoms with Gasteiger partial charge in [-0.2, -0.15) is 0 Å². The first-order valence-corrected chi connectivity index (χ1v) is 9.34. The molecule has 4 rings (SSSR count). The first kappa shape index (κ1) is 16.8. The van der Waals surface area contributed by atoms with E-state index in [-0.39, 0.29) is 11.9 Å². The molecule has 132 valence electrons. The zero-order valence-electron chi connectivity index (χ0n) is 14.0. The SMILES string of the molecule is O=C(NC1CCCc2ccccc21)c1ccc2cc(C(=O)NO)sc2c1. The molecule has 26 heavy (non-hydrogen) atoms. The Morgan fingerprint density at radius 1 is 1.08 bits per heavy atom. The molecule has 0 radical (unpaired) electrons. The van der Waals surface area contributed by atoms with Crippen molar-refractivity contribution >= 4 is 33.2 Å². The van der Waals surface area contributed by atoms with Crippen LogP contribution in [0, 0.1) is 0 Å². The summed E-state index contributed by atoms with van der Waals surface area (Å²) in [5.41, 5.74) is 4.71. The second kappa shape index (κ2) is 6.90. The highest BCUT2D eigenvalue weighted by atomic mass is 32.1. The van der Waals surface area contributed by atoms with E-state index in [0.29, 0.717) is 10.4 Å². The first-order valence-electron chi connectivity index (χ1n) is 8.52. The Morgan fingerprint density at radius 3 is 2.77 bits per heavy atom. The van der Waals surface area contributed by atoms with Crippen LogP contribution in [0.4, 0.5) is 0 Å². The summed E-state index contributed by atoms with van der Waals surface area (Å²) in [6.45, 7) is 0. The summed E-state index contributed by atoms with van der Waals surface area (Å²) in [5.74, 6) is -0.661. The highest BCUT2D eigenvalue weighted by Crippen LogP contribution is 2.30. The van der Waals surface area contributed by atoms with Crippen LogP contribution in [0.15, 0.2) is 48.5 Å². The fourth-order valence-electron chi connectivity index (χ4n) is 3.48. The number of amides is 2. The van der Waals surface area contributed by atoms with Crippen molar-refractivity contribution in [2.24, 2.45) is 0 Å². The maximum Gasteiger partial charge on any atom is 0.284 e. The van der Waals surface area contributed by atoms with E-state index in [1.807, 2.05) is 18.2 Å². The lowest BCUT2D eigenvalue weighted by Crippen LogP contribution is -2.30. The maximum absolute atomic E-state index is 12.7. The lowest BCUT2D eigenvalue weighted by Gasteiger charge is -2.26. The lowest BCUT2D eigenvalue weighted by molar-refractivity contribution is 0.0711. The predicted octanol–water partition coefficient (Wildman–Crippen LogP) is 3.83. The van der Waals surface area contributed by atoms with Crippen LogP contribution >= 0.6 is 11.3 Å². The number of carbonyl (C=O) groups excluding carboxylic acids is 2. The summed E-state index contributed by atoms with van der Waals surface area (Å²) >= 11 is 1.24. The summed E-state index contributed by atoms with van der Waals surface area (Å²) in [7, 11) is 0. The minimum absolute atomic E-state index is 0.0298. The van der Waals surface area contributed by atoms with E-state index >= 15 is 0 Å². The van der Waals surface area contributed by atoms with Crippen LogP contribution in [-0.4, -0.2) is 17.0 Å². The Morgan fingerprint density at radius 2 is 1.92 bits per heavy atom. The number of hydrogen-bond acceptors (Lipinski definition) is 4. The fraction of sp³-hybridized carbons (Fsp3) is 0.200. The Kier molecular flexibility index (Phi) is 4.44. The molecule has 5 nitrogen and oxygen atoms in total. The monoisotopic (exact) mass is 366 g/mol. The smallest absolute Gasteiger partial charge is 0.284 e. The van der Waals surface area contributed by atoms with Crippen molar-refractivity contribution < 1.29 is 14.8 Å². The molecule has 2 amide bonds. The largest absolute Gasteiger partial charge is 0.345 e. The highest BCUT2D eigenvalue weighted by Gasteiger charge is 2.22. The molecule has 1 unspecified atom stereocenters. The van der Waals surface area contributed by atoms with Crippen LogP contribution in [-0.2, 0) is 6.42 Å². The summed E-state index contributed by atoms with van der Waals surface area (Å²) < 4.78 is 0.834. The van der Waals surface area contributed by atoms with Gasteiger partial charge in [0, 0.05) is 10.3 Å². The van der Waals surface area contributed by atoms with Crippen molar-refractivity contribution in [3.05, 3.63) is 70.1 Å². The number of hydroxylamine groups is 1. The van der Waals surface area contributed by atoms with Crippen LogP contribution in [0.25, 0.3) is 10.1 Å². The van der Waals surface area contributed by atoms with E-state index < -0.39 is 5.91 Å². The quantitative estimate of drug-likeness (QED) is 0.487. The summed E-state index contributed by atoms with van der Waals surface area (Å²) in [5, 5.41) is 12.8. The van der Waals surface area contributed by atoms with Gasteiger partial charge in [-0.05, 0) is 54.0 Å². The van der Waals surface area contributed by atoms with Gasteiger partial charge in [0.15, 0.2) is 0 Å². The molecule has 3 N–H and O–H groups in total. The van der Waals surface area contributed by atoms with Crippen molar-refractivity contribution in [3.63, 3.8) is 0 Å². The Balaban J connectivity index is 1.58. The van der Waals surface area contributed by atoms with Crippen LogP contribution in [0.5, 0.6) is 0 Å². The normalized spacial score (nSPS) is 16.1. The molecule has 0 saturated carbocycles. The van der Waals surface area contributed by atoms with Gasteiger partial charge >= 0.3 is 0 Å². The molecule has 1 aromatic heterocycles.